The summed E-state index contributed by atoms with van der Waals surface area (Å²) in [6.45, 7) is 9.22. The number of halogens is 1. The zero-order valence-corrected chi connectivity index (χ0v) is 15.0. The third-order valence-electron chi connectivity index (χ3n) is 3.27. The molecule has 0 radical (unpaired) electrons. The van der Waals surface area contributed by atoms with Gasteiger partial charge in [0.15, 0.2) is 0 Å². The minimum absolute atomic E-state index is 0.106. The van der Waals surface area contributed by atoms with Crippen LogP contribution in [0.4, 0.5) is 9.18 Å². The van der Waals surface area contributed by atoms with Gasteiger partial charge in [-0.1, -0.05) is 32.0 Å². The van der Waals surface area contributed by atoms with E-state index in [9.17, 15) is 14.0 Å². The number of ether oxygens (including phenoxy) is 1. The Morgan fingerprint density at radius 1 is 1.21 bits per heavy atom. The molecular formula is C18H27FN2O3. The Labute approximate surface area is 143 Å². The molecule has 0 aliphatic rings. The highest BCUT2D eigenvalue weighted by Gasteiger charge is 2.26. The molecule has 1 atom stereocenters. The summed E-state index contributed by atoms with van der Waals surface area (Å²) in [5.74, 6) is -0.711. The number of hydrogen-bond acceptors (Lipinski definition) is 3. The number of rotatable bonds is 6. The summed E-state index contributed by atoms with van der Waals surface area (Å²) in [4.78, 5) is 24.1. The standard InChI is InChI=1S/C18H27FN2O3/c1-12(2)15(21-17(23)24-18(3,4)5)16(22)20-11-10-13-8-6-7-9-14(13)19/h6-9,12,15H,10-11H2,1-5H3,(H,20,22)(H,21,23). The molecule has 0 aromatic heterocycles. The van der Waals surface area contributed by atoms with Crippen LogP contribution in [0.3, 0.4) is 0 Å². The number of carbonyl (C=O) groups excluding carboxylic acids is 2. The molecule has 0 aliphatic heterocycles. The molecule has 5 nitrogen and oxygen atoms in total. The minimum Gasteiger partial charge on any atom is -0.444 e. The first-order chi connectivity index (χ1) is 11.1. The molecule has 24 heavy (non-hydrogen) atoms. The maximum absolute atomic E-state index is 13.5. The zero-order chi connectivity index (χ0) is 18.3. The lowest BCUT2D eigenvalue weighted by Crippen LogP contribution is -2.51. The van der Waals surface area contributed by atoms with Crippen LogP contribution in [0.1, 0.15) is 40.2 Å². The maximum Gasteiger partial charge on any atom is 0.408 e. The quantitative estimate of drug-likeness (QED) is 0.838. The summed E-state index contributed by atoms with van der Waals surface area (Å²) in [5.41, 5.74) is -0.0913. The largest absolute Gasteiger partial charge is 0.444 e. The van der Waals surface area contributed by atoms with Gasteiger partial charge in [0.1, 0.15) is 17.5 Å². The minimum atomic E-state index is -0.708. The molecule has 0 aliphatic carbocycles. The highest BCUT2D eigenvalue weighted by molar-refractivity contribution is 5.85. The number of amides is 2. The fraction of sp³-hybridized carbons (Fsp3) is 0.556. The molecule has 0 saturated carbocycles. The van der Waals surface area contributed by atoms with E-state index in [0.717, 1.165) is 0 Å². The van der Waals surface area contributed by atoms with Gasteiger partial charge in [-0.25, -0.2) is 9.18 Å². The van der Waals surface area contributed by atoms with E-state index in [1.165, 1.54) is 6.07 Å². The lowest BCUT2D eigenvalue weighted by Gasteiger charge is -2.25. The number of carbonyl (C=O) groups is 2. The van der Waals surface area contributed by atoms with Crippen molar-refractivity contribution in [2.45, 2.75) is 52.7 Å². The molecule has 134 valence electrons. The number of nitrogens with one attached hydrogen (secondary N) is 2. The van der Waals surface area contributed by atoms with Gasteiger partial charge in [-0.15, -0.1) is 0 Å². The third kappa shape index (κ3) is 6.98. The summed E-state index contributed by atoms with van der Waals surface area (Å²) in [6.07, 6.45) is -0.249. The van der Waals surface area contributed by atoms with Crippen molar-refractivity contribution in [1.29, 1.82) is 0 Å². The van der Waals surface area contributed by atoms with E-state index in [1.807, 2.05) is 13.8 Å². The fourth-order valence-electron chi connectivity index (χ4n) is 2.10. The predicted octanol–water partition coefficient (Wildman–Crippen LogP) is 3.03. The maximum atomic E-state index is 13.5. The monoisotopic (exact) mass is 338 g/mol. The molecule has 1 rings (SSSR count). The van der Waals surface area contributed by atoms with Crippen molar-refractivity contribution >= 4 is 12.0 Å². The van der Waals surface area contributed by atoms with Crippen molar-refractivity contribution in [3.8, 4) is 0 Å². The SMILES string of the molecule is CC(C)C(NC(=O)OC(C)(C)C)C(=O)NCCc1ccccc1F. The number of benzene rings is 1. The Morgan fingerprint density at radius 2 is 1.83 bits per heavy atom. The van der Waals surface area contributed by atoms with E-state index in [2.05, 4.69) is 10.6 Å². The molecule has 1 unspecified atom stereocenters. The molecule has 0 fully saturated rings. The highest BCUT2D eigenvalue weighted by Crippen LogP contribution is 2.09. The Hall–Kier alpha value is -2.11. The summed E-state index contributed by atoms with van der Waals surface area (Å²) in [6, 6.07) is 5.73. The summed E-state index contributed by atoms with van der Waals surface area (Å²) < 4.78 is 18.7. The molecule has 2 amide bonds. The van der Waals surface area contributed by atoms with E-state index < -0.39 is 17.7 Å². The summed E-state index contributed by atoms with van der Waals surface area (Å²) in [5, 5.41) is 5.32. The van der Waals surface area contributed by atoms with Crippen molar-refractivity contribution < 1.29 is 18.7 Å². The Bertz CT molecular complexity index is 568. The van der Waals surface area contributed by atoms with Crippen LogP contribution in [0.25, 0.3) is 0 Å². The van der Waals surface area contributed by atoms with Crippen LogP contribution in [-0.2, 0) is 16.0 Å². The zero-order valence-electron chi connectivity index (χ0n) is 15.0. The van der Waals surface area contributed by atoms with Gasteiger partial charge in [-0.3, -0.25) is 4.79 Å². The normalized spacial score (nSPS) is 12.6. The van der Waals surface area contributed by atoms with E-state index in [4.69, 9.17) is 4.74 Å². The smallest absolute Gasteiger partial charge is 0.408 e. The van der Waals surface area contributed by atoms with E-state index in [-0.39, 0.29) is 17.6 Å². The molecule has 1 aromatic carbocycles. The van der Waals surface area contributed by atoms with Gasteiger partial charge in [-0.2, -0.15) is 0 Å². The van der Waals surface area contributed by atoms with Gasteiger partial charge in [0, 0.05) is 6.54 Å². The van der Waals surface area contributed by atoms with Gasteiger partial charge in [0.25, 0.3) is 0 Å². The average molecular weight is 338 g/mol. The fourth-order valence-corrected chi connectivity index (χ4v) is 2.10. The summed E-state index contributed by atoms with van der Waals surface area (Å²) in [7, 11) is 0. The molecule has 1 aromatic rings. The Balaban J connectivity index is 2.55. The van der Waals surface area contributed by atoms with Crippen LogP contribution in [0.5, 0.6) is 0 Å². The number of hydrogen-bond donors (Lipinski definition) is 2. The van der Waals surface area contributed by atoms with Crippen molar-refractivity contribution in [3.63, 3.8) is 0 Å². The second-order valence-electron chi connectivity index (χ2n) is 7.00. The van der Waals surface area contributed by atoms with E-state index >= 15 is 0 Å². The molecule has 0 saturated heterocycles. The van der Waals surface area contributed by atoms with Gasteiger partial charge >= 0.3 is 6.09 Å². The highest BCUT2D eigenvalue weighted by atomic mass is 19.1. The lowest BCUT2D eigenvalue weighted by atomic mass is 10.0. The van der Waals surface area contributed by atoms with Crippen molar-refractivity contribution in [2.75, 3.05) is 6.54 Å². The molecule has 0 spiro atoms. The van der Waals surface area contributed by atoms with Gasteiger partial charge in [-0.05, 0) is 44.7 Å². The first kappa shape index (κ1) is 19.9. The Morgan fingerprint density at radius 3 is 2.38 bits per heavy atom. The first-order valence-electron chi connectivity index (χ1n) is 8.11. The Kier molecular flexibility index (Phi) is 7.19. The molecule has 0 bridgehead atoms. The second-order valence-corrected chi connectivity index (χ2v) is 7.00. The van der Waals surface area contributed by atoms with E-state index in [0.29, 0.717) is 18.5 Å². The molecule has 6 heteroatoms. The van der Waals surface area contributed by atoms with Gasteiger partial charge in [0.2, 0.25) is 5.91 Å². The second kappa shape index (κ2) is 8.66. The summed E-state index contributed by atoms with van der Waals surface area (Å²) >= 11 is 0. The van der Waals surface area contributed by atoms with Gasteiger partial charge in [0.05, 0.1) is 0 Å². The van der Waals surface area contributed by atoms with Crippen LogP contribution >= 0.6 is 0 Å². The first-order valence-corrected chi connectivity index (χ1v) is 8.11. The van der Waals surface area contributed by atoms with Crippen molar-refractivity contribution in [2.24, 2.45) is 5.92 Å². The number of alkyl carbamates (subject to hydrolysis) is 1. The topological polar surface area (TPSA) is 67.4 Å². The molecule has 2 N–H and O–H groups in total. The van der Waals surface area contributed by atoms with Crippen LogP contribution in [0, 0.1) is 11.7 Å². The van der Waals surface area contributed by atoms with Crippen molar-refractivity contribution in [1.82, 2.24) is 10.6 Å². The van der Waals surface area contributed by atoms with Crippen LogP contribution in [0.2, 0.25) is 0 Å². The van der Waals surface area contributed by atoms with Crippen molar-refractivity contribution in [3.05, 3.63) is 35.6 Å². The molecular weight excluding hydrogens is 311 g/mol. The lowest BCUT2D eigenvalue weighted by molar-refractivity contribution is -0.124. The average Bonchev–Trinajstić information content (AvgIpc) is 2.44. The van der Waals surface area contributed by atoms with Crippen LogP contribution in [-0.4, -0.2) is 30.2 Å². The predicted molar refractivity (Wildman–Crippen MR) is 91.1 cm³/mol. The van der Waals surface area contributed by atoms with E-state index in [1.54, 1.807) is 39.0 Å². The van der Waals surface area contributed by atoms with Gasteiger partial charge < -0.3 is 15.4 Å². The van der Waals surface area contributed by atoms with Crippen LogP contribution < -0.4 is 10.6 Å². The van der Waals surface area contributed by atoms with Crippen LogP contribution in [0.15, 0.2) is 24.3 Å². The third-order valence-corrected chi connectivity index (χ3v) is 3.27. The molecule has 0 heterocycles.